The van der Waals surface area contributed by atoms with E-state index in [-0.39, 0.29) is 17.5 Å². The highest BCUT2D eigenvalue weighted by Crippen LogP contribution is 2.32. The van der Waals surface area contributed by atoms with Crippen molar-refractivity contribution in [3.05, 3.63) is 36.5 Å². The van der Waals surface area contributed by atoms with Gasteiger partial charge in [0.25, 0.3) is 5.89 Å². The summed E-state index contributed by atoms with van der Waals surface area (Å²) < 4.78 is 15.6. The zero-order chi connectivity index (χ0) is 20.3. The first-order valence-electron chi connectivity index (χ1n) is 8.43. The quantitative estimate of drug-likeness (QED) is 0.696. The first-order chi connectivity index (χ1) is 13.2. The normalized spacial score (nSPS) is 11.1. The number of benzene rings is 1. The summed E-state index contributed by atoms with van der Waals surface area (Å²) in [5.74, 6) is 0.898. The van der Waals surface area contributed by atoms with Gasteiger partial charge in [0.05, 0.1) is 24.6 Å². The molecule has 0 radical (unpaired) electrons. The molecular formula is C19H20N4O5. The second kappa shape index (κ2) is 7.55. The van der Waals surface area contributed by atoms with Crippen molar-refractivity contribution in [1.82, 2.24) is 15.1 Å². The van der Waals surface area contributed by atoms with Gasteiger partial charge in [0.2, 0.25) is 5.82 Å². The van der Waals surface area contributed by atoms with Crippen molar-refractivity contribution in [2.24, 2.45) is 0 Å². The maximum Gasteiger partial charge on any atom is 0.412 e. The van der Waals surface area contributed by atoms with Crippen LogP contribution in [0, 0.1) is 0 Å². The van der Waals surface area contributed by atoms with Crippen molar-refractivity contribution in [3.63, 3.8) is 0 Å². The molecule has 1 aromatic carbocycles. The van der Waals surface area contributed by atoms with Gasteiger partial charge in [-0.3, -0.25) is 10.3 Å². The predicted molar refractivity (Wildman–Crippen MR) is 101 cm³/mol. The van der Waals surface area contributed by atoms with Crippen LogP contribution in [0.2, 0.25) is 0 Å². The topological polar surface area (TPSA) is 120 Å². The zero-order valence-electron chi connectivity index (χ0n) is 15.9. The lowest BCUT2D eigenvalue weighted by Gasteiger charge is -2.19. The van der Waals surface area contributed by atoms with Gasteiger partial charge in [-0.2, -0.15) is 4.98 Å². The molecule has 9 nitrogen and oxygen atoms in total. The number of nitrogens with one attached hydrogen (secondary N) is 1. The van der Waals surface area contributed by atoms with Gasteiger partial charge >= 0.3 is 6.09 Å². The monoisotopic (exact) mass is 384 g/mol. The third-order valence-electron chi connectivity index (χ3n) is 3.50. The molecule has 2 N–H and O–H groups in total. The summed E-state index contributed by atoms with van der Waals surface area (Å²) in [4.78, 5) is 20.3. The lowest BCUT2D eigenvalue weighted by atomic mass is 10.2. The summed E-state index contributed by atoms with van der Waals surface area (Å²) in [5, 5.41) is 16.5. The standard InChI is InChI=1S/C19H20N4O5/c1-19(2,3)27-18(25)21-11-5-7-14(20-10-11)16-22-17(28-23-16)13-9-12(26-4)6-8-15(13)24/h5-10,24H,1-4H3,(H,21,25). The van der Waals surface area contributed by atoms with E-state index >= 15 is 0 Å². The number of methoxy groups -OCH3 is 1. The molecule has 0 atom stereocenters. The number of carbonyl (C=O) groups excluding carboxylic acids is 1. The van der Waals surface area contributed by atoms with Crippen LogP contribution in [0.3, 0.4) is 0 Å². The predicted octanol–water partition coefficient (Wildman–Crippen LogP) is 3.86. The van der Waals surface area contributed by atoms with E-state index in [9.17, 15) is 9.90 Å². The SMILES string of the molecule is COc1ccc(O)c(-c2nc(-c3ccc(NC(=O)OC(C)(C)C)cn3)no2)c1. The Balaban J connectivity index is 1.76. The molecule has 3 rings (SSSR count). The number of rotatable bonds is 4. The molecule has 146 valence electrons. The van der Waals surface area contributed by atoms with Crippen molar-refractivity contribution in [1.29, 1.82) is 0 Å². The van der Waals surface area contributed by atoms with Crippen molar-refractivity contribution >= 4 is 11.8 Å². The molecule has 0 aliphatic carbocycles. The first kappa shape index (κ1) is 19.2. The van der Waals surface area contributed by atoms with Crippen LogP contribution >= 0.6 is 0 Å². The number of phenolic OH excluding ortho intramolecular Hbond substituents is 1. The molecule has 0 unspecified atom stereocenters. The van der Waals surface area contributed by atoms with E-state index in [1.54, 1.807) is 45.0 Å². The number of anilines is 1. The van der Waals surface area contributed by atoms with Gasteiger partial charge in [0, 0.05) is 0 Å². The fraction of sp³-hybridized carbons (Fsp3) is 0.263. The molecule has 0 saturated carbocycles. The van der Waals surface area contributed by atoms with E-state index in [2.05, 4.69) is 20.4 Å². The van der Waals surface area contributed by atoms with Crippen LogP contribution in [0.15, 0.2) is 41.1 Å². The van der Waals surface area contributed by atoms with E-state index in [4.69, 9.17) is 14.0 Å². The van der Waals surface area contributed by atoms with Gasteiger partial charge < -0.3 is 19.1 Å². The van der Waals surface area contributed by atoms with Gasteiger partial charge in [-0.15, -0.1) is 0 Å². The van der Waals surface area contributed by atoms with E-state index in [1.807, 2.05) is 0 Å². The molecule has 2 aromatic heterocycles. The van der Waals surface area contributed by atoms with Gasteiger partial charge in [-0.05, 0) is 51.1 Å². The molecule has 9 heteroatoms. The number of amides is 1. The molecule has 28 heavy (non-hydrogen) atoms. The minimum atomic E-state index is -0.593. The van der Waals surface area contributed by atoms with Crippen LogP contribution in [0.1, 0.15) is 20.8 Å². The lowest BCUT2D eigenvalue weighted by Crippen LogP contribution is -2.27. The number of hydrogen-bond acceptors (Lipinski definition) is 8. The van der Waals surface area contributed by atoms with E-state index in [0.717, 1.165) is 0 Å². The Morgan fingerprint density at radius 1 is 1.21 bits per heavy atom. The highest BCUT2D eigenvalue weighted by atomic mass is 16.6. The van der Waals surface area contributed by atoms with E-state index in [0.29, 0.717) is 22.7 Å². The molecule has 0 fully saturated rings. The third-order valence-corrected chi connectivity index (χ3v) is 3.50. The molecule has 0 bridgehead atoms. The van der Waals surface area contributed by atoms with Gasteiger partial charge in [0.1, 0.15) is 22.8 Å². The van der Waals surface area contributed by atoms with Crippen molar-refractivity contribution < 1.29 is 23.9 Å². The second-order valence-electron chi connectivity index (χ2n) is 6.87. The molecule has 3 aromatic rings. The maximum atomic E-state index is 11.8. The number of aromatic hydroxyl groups is 1. The first-order valence-corrected chi connectivity index (χ1v) is 8.43. The highest BCUT2D eigenvalue weighted by molar-refractivity contribution is 5.84. The number of pyridine rings is 1. The van der Waals surface area contributed by atoms with Crippen LogP contribution in [-0.4, -0.2) is 39.0 Å². The summed E-state index contributed by atoms with van der Waals surface area (Å²) in [6, 6.07) is 7.97. The van der Waals surface area contributed by atoms with Crippen LogP contribution < -0.4 is 10.1 Å². The summed E-state index contributed by atoms with van der Waals surface area (Å²) in [7, 11) is 1.52. The molecule has 0 aliphatic heterocycles. The number of aromatic nitrogens is 3. The summed E-state index contributed by atoms with van der Waals surface area (Å²) in [5.41, 5.74) is 0.657. The Labute approximate surface area is 161 Å². The Morgan fingerprint density at radius 2 is 2.00 bits per heavy atom. The van der Waals surface area contributed by atoms with Crippen molar-refractivity contribution in [3.8, 4) is 34.5 Å². The molecule has 0 saturated heterocycles. The van der Waals surface area contributed by atoms with Crippen LogP contribution in [-0.2, 0) is 4.74 Å². The number of ether oxygens (including phenoxy) is 2. The van der Waals surface area contributed by atoms with Crippen LogP contribution in [0.5, 0.6) is 11.5 Å². The Morgan fingerprint density at radius 3 is 2.64 bits per heavy atom. The number of nitrogens with zero attached hydrogens (tertiary/aromatic N) is 3. The smallest absolute Gasteiger partial charge is 0.412 e. The lowest BCUT2D eigenvalue weighted by molar-refractivity contribution is 0.0636. The molecule has 2 heterocycles. The second-order valence-corrected chi connectivity index (χ2v) is 6.87. The minimum absolute atomic E-state index is 0.0131. The fourth-order valence-corrected chi connectivity index (χ4v) is 2.27. The van der Waals surface area contributed by atoms with Gasteiger partial charge in [-0.1, -0.05) is 5.16 Å². The van der Waals surface area contributed by atoms with E-state index in [1.165, 1.54) is 19.4 Å². The van der Waals surface area contributed by atoms with E-state index < -0.39 is 11.7 Å². The largest absolute Gasteiger partial charge is 0.507 e. The number of hydrogen-bond donors (Lipinski definition) is 2. The Bertz CT molecular complexity index is 977. The third kappa shape index (κ3) is 4.56. The fourth-order valence-electron chi connectivity index (χ4n) is 2.27. The van der Waals surface area contributed by atoms with Crippen molar-refractivity contribution in [2.45, 2.75) is 26.4 Å². The Hall–Kier alpha value is -3.62. The Kier molecular flexibility index (Phi) is 5.16. The molecular weight excluding hydrogens is 364 g/mol. The summed E-state index contributed by atoms with van der Waals surface area (Å²) >= 11 is 0. The maximum absolute atomic E-state index is 11.8. The average Bonchev–Trinajstić information content (AvgIpc) is 3.11. The summed E-state index contributed by atoms with van der Waals surface area (Å²) in [6.45, 7) is 5.34. The van der Waals surface area contributed by atoms with Gasteiger partial charge in [-0.25, -0.2) is 4.79 Å². The number of carbonyl (C=O) groups is 1. The summed E-state index contributed by atoms with van der Waals surface area (Å²) in [6.07, 6.45) is 0.885. The van der Waals surface area contributed by atoms with Crippen LogP contribution in [0.25, 0.3) is 23.0 Å². The molecule has 1 amide bonds. The highest BCUT2D eigenvalue weighted by Gasteiger charge is 2.18. The molecule has 0 spiro atoms. The number of phenols is 1. The molecule has 0 aliphatic rings. The average molecular weight is 384 g/mol. The zero-order valence-corrected chi connectivity index (χ0v) is 15.9. The van der Waals surface area contributed by atoms with Crippen molar-refractivity contribution in [2.75, 3.05) is 12.4 Å². The van der Waals surface area contributed by atoms with Crippen LogP contribution in [0.4, 0.5) is 10.5 Å². The van der Waals surface area contributed by atoms with Gasteiger partial charge in [0.15, 0.2) is 0 Å². The minimum Gasteiger partial charge on any atom is -0.507 e.